The lowest BCUT2D eigenvalue weighted by molar-refractivity contribution is -0.913. The summed E-state index contributed by atoms with van der Waals surface area (Å²) in [5, 5.41) is 19.3. The maximum atomic E-state index is 11.9. The standard InChI is InChI=1S/C17H37N2O5Si/c1-15(20)13-19(4,14-16(2)21)11-10-18(17(3)22)9-8-12-25(7,23-5)24-6/h15-16,20-21H,1-2,8-14H2,3-7H3/q+3. The molecule has 7 nitrogen and oxygen atoms in total. The minimum absolute atomic E-state index is 0.00935. The van der Waals surface area contributed by atoms with E-state index in [1.807, 2.05) is 13.6 Å². The highest BCUT2D eigenvalue weighted by molar-refractivity contribution is 6.65. The summed E-state index contributed by atoms with van der Waals surface area (Å²) in [6.45, 7) is 13.4. The van der Waals surface area contributed by atoms with E-state index in [4.69, 9.17) is 8.85 Å². The molecule has 0 aromatic carbocycles. The molecule has 0 aliphatic heterocycles. The second-order valence-corrected chi connectivity index (χ2v) is 10.8. The number of amides is 1. The van der Waals surface area contributed by atoms with Crippen LogP contribution in [0.4, 0.5) is 0 Å². The highest BCUT2D eigenvalue weighted by Crippen LogP contribution is 2.15. The van der Waals surface area contributed by atoms with Gasteiger partial charge in [-0.05, 0) is 19.0 Å². The van der Waals surface area contributed by atoms with Crippen molar-refractivity contribution >= 4 is 14.5 Å². The molecule has 0 fully saturated rings. The first-order valence-electron chi connectivity index (χ1n) is 8.68. The zero-order valence-corrected chi connectivity index (χ0v) is 17.5. The Morgan fingerprint density at radius 3 is 2.00 bits per heavy atom. The third kappa shape index (κ3) is 10.1. The molecule has 0 bridgehead atoms. The molecule has 2 N–H and O–H groups in total. The monoisotopic (exact) mass is 377 g/mol. The van der Waals surface area contributed by atoms with E-state index in [1.54, 1.807) is 26.0 Å². The molecule has 0 aliphatic rings. The molecular weight excluding hydrogens is 340 g/mol. The van der Waals surface area contributed by atoms with Gasteiger partial charge in [0.1, 0.15) is 13.1 Å². The van der Waals surface area contributed by atoms with Crippen LogP contribution in [0.25, 0.3) is 0 Å². The number of hydrogen-bond donors (Lipinski definition) is 2. The average molecular weight is 378 g/mol. The van der Waals surface area contributed by atoms with Crippen molar-refractivity contribution in [1.29, 1.82) is 0 Å². The Hall–Kier alpha value is -0.773. The van der Waals surface area contributed by atoms with Gasteiger partial charge in [-0.2, -0.15) is 0 Å². The van der Waals surface area contributed by atoms with E-state index >= 15 is 0 Å². The number of likely N-dealkylation sites (N-methyl/N-ethyl adjacent to an activating group) is 1. The fourth-order valence-electron chi connectivity index (χ4n) is 2.94. The minimum atomic E-state index is -2.13. The number of rotatable bonds is 13. The van der Waals surface area contributed by atoms with Crippen molar-refractivity contribution in [1.82, 2.24) is 4.90 Å². The van der Waals surface area contributed by atoms with Crippen molar-refractivity contribution < 1.29 is 28.3 Å². The van der Waals surface area contributed by atoms with Crippen LogP contribution >= 0.6 is 0 Å². The summed E-state index contributed by atoms with van der Waals surface area (Å²) < 4.78 is 11.3. The van der Waals surface area contributed by atoms with Crippen LogP contribution in [0.1, 0.15) is 13.3 Å². The van der Waals surface area contributed by atoms with Crippen molar-refractivity contribution in [2.75, 3.05) is 54.0 Å². The van der Waals surface area contributed by atoms with Gasteiger partial charge in [-0.3, -0.25) is 4.79 Å². The third-order valence-corrected chi connectivity index (χ3v) is 7.57. The summed E-state index contributed by atoms with van der Waals surface area (Å²) in [7, 11) is 3.13. The number of carbonyl (C=O) groups is 1. The quantitative estimate of drug-likeness (QED) is 0.276. The Bertz CT molecular complexity index is 379. The van der Waals surface area contributed by atoms with Crippen LogP contribution in [0.5, 0.6) is 0 Å². The van der Waals surface area contributed by atoms with Gasteiger partial charge in [-0.25, -0.2) is 0 Å². The van der Waals surface area contributed by atoms with Gasteiger partial charge in [0.25, 0.3) is 0 Å². The number of hydrogen-bond acceptors (Lipinski definition) is 5. The summed E-state index contributed by atoms with van der Waals surface area (Å²) >= 11 is 0. The highest BCUT2D eigenvalue weighted by atomic mass is 28.4. The summed E-state index contributed by atoms with van der Waals surface area (Å²) in [5.41, 5.74) is 0. The fraction of sp³-hybridized carbons (Fsp3) is 0.824. The van der Waals surface area contributed by atoms with Crippen LogP contribution in [0.15, 0.2) is 0 Å². The van der Waals surface area contributed by atoms with Crippen molar-refractivity contribution in [2.24, 2.45) is 0 Å². The first-order valence-corrected chi connectivity index (χ1v) is 11.2. The fourth-order valence-corrected chi connectivity index (χ4v) is 4.32. The second kappa shape index (κ2) is 11.0. The van der Waals surface area contributed by atoms with Crippen LogP contribution in [-0.4, -0.2) is 100 Å². The molecule has 0 rings (SSSR count). The molecule has 0 radical (unpaired) electrons. The lowest BCUT2D eigenvalue weighted by Crippen LogP contribution is -2.55. The van der Waals surface area contributed by atoms with Crippen LogP contribution in [0.3, 0.4) is 0 Å². The first-order chi connectivity index (χ1) is 11.5. The van der Waals surface area contributed by atoms with E-state index in [1.165, 1.54) is 0 Å². The highest BCUT2D eigenvalue weighted by Gasteiger charge is 2.32. The van der Waals surface area contributed by atoms with E-state index in [0.29, 0.717) is 37.2 Å². The molecule has 0 saturated heterocycles. The zero-order valence-electron chi connectivity index (χ0n) is 16.5. The number of nitrogens with zero attached hydrogens (tertiary/aromatic N) is 2. The topological polar surface area (TPSA) is 79.2 Å². The Labute approximate surface area is 154 Å². The van der Waals surface area contributed by atoms with Crippen molar-refractivity contribution in [3.63, 3.8) is 0 Å². The molecule has 25 heavy (non-hydrogen) atoms. The number of quaternary nitrogens is 1. The lowest BCUT2D eigenvalue weighted by atomic mass is 10.2. The molecule has 2 atom stereocenters. The van der Waals surface area contributed by atoms with Gasteiger partial charge in [0.15, 0.2) is 0 Å². The molecule has 2 unspecified atom stereocenters. The van der Waals surface area contributed by atoms with E-state index in [2.05, 4.69) is 13.8 Å². The number of carbonyl (C=O) groups excluding carboxylic acids is 1. The molecular formula is C17H37N2O5Si+3. The predicted molar refractivity (Wildman–Crippen MR) is 101 cm³/mol. The molecule has 0 aromatic heterocycles. The van der Waals surface area contributed by atoms with E-state index < -0.39 is 20.8 Å². The molecule has 0 aliphatic carbocycles. The van der Waals surface area contributed by atoms with Gasteiger partial charge in [-0.15, -0.1) is 0 Å². The first kappa shape index (κ1) is 24.2. The van der Waals surface area contributed by atoms with Gasteiger partial charge in [0.2, 0.25) is 18.1 Å². The van der Waals surface area contributed by atoms with Crippen molar-refractivity contribution in [3.8, 4) is 0 Å². The van der Waals surface area contributed by atoms with Gasteiger partial charge in [-0.1, -0.05) is 0 Å². The largest absolute Gasteiger partial charge is 0.398 e. The summed E-state index contributed by atoms with van der Waals surface area (Å²) in [5.74, 6) is 0.00935. The van der Waals surface area contributed by atoms with Gasteiger partial charge in [0.05, 0.1) is 34.0 Å². The van der Waals surface area contributed by atoms with Gasteiger partial charge < -0.3 is 28.4 Å². The maximum Gasteiger partial charge on any atom is 0.334 e. The number of aliphatic hydroxyl groups excluding tert-OH is 2. The smallest absolute Gasteiger partial charge is 0.334 e. The lowest BCUT2D eigenvalue weighted by Gasteiger charge is -2.35. The van der Waals surface area contributed by atoms with E-state index in [-0.39, 0.29) is 5.91 Å². The molecule has 146 valence electrons. The van der Waals surface area contributed by atoms with Gasteiger partial charge >= 0.3 is 8.56 Å². The van der Waals surface area contributed by atoms with Crippen LogP contribution < -0.4 is 0 Å². The summed E-state index contributed by atoms with van der Waals surface area (Å²) in [4.78, 5) is 13.7. The van der Waals surface area contributed by atoms with Crippen LogP contribution in [0, 0.1) is 13.8 Å². The van der Waals surface area contributed by atoms with Crippen LogP contribution in [-0.2, 0) is 13.6 Å². The Morgan fingerprint density at radius 1 is 1.16 bits per heavy atom. The molecule has 0 aromatic rings. The SMILES string of the molecule is [CH2+]C(O)C[N+](C)(CCN(CCC[Si](C)(OC)OC)C(C)=O)CC([CH2+])O. The average Bonchev–Trinajstić information content (AvgIpc) is 2.48. The zero-order chi connectivity index (χ0) is 19.7. The summed E-state index contributed by atoms with van der Waals surface area (Å²) in [6, 6.07) is 0.811. The normalized spacial score (nSPS) is 16.9. The molecule has 0 heterocycles. The Kier molecular flexibility index (Phi) is 10.7. The minimum Gasteiger partial charge on any atom is -0.398 e. The molecule has 0 spiro atoms. The van der Waals surface area contributed by atoms with E-state index in [9.17, 15) is 15.0 Å². The van der Waals surface area contributed by atoms with Crippen molar-refractivity contribution in [3.05, 3.63) is 13.8 Å². The maximum absolute atomic E-state index is 11.9. The molecule has 1 amide bonds. The Balaban J connectivity index is 4.70. The third-order valence-electron chi connectivity index (χ3n) is 4.58. The van der Waals surface area contributed by atoms with Gasteiger partial charge in [0, 0.05) is 27.7 Å². The van der Waals surface area contributed by atoms with Crippen molar-refractivity contribution in [2.45, 2.75) is 38.1 Å². The predicted octanol–water partition coefficient (Wildman–Crippen LogP) is 0.426. The molecule has 8 heteroatoms. The summed E-state index contributed by atoms with van der Waals surface area (Å²) in [6.07, 6.45) is -0.654. The second-order valence-electron chi connectivity index (χ2n) is 7.17. The Morgan fingerprint density at radius 2 is 1.64 bits per heavy atom. The van der Waals surface area contributed by atoms with E-state index in [0.717, 1.165) is 12.5 Å². The number of aliphatic hydroxyl groups is 2. The van der Waals surface area contributed by atoms with Crippen LogP contribution in [0.2, 0.25) is 12.6 Å². The molecule has 0 saturated carbocycles.